The van der Waals surface area contributed by atoms with Crippen LogP contribution < -0.4 is 5.73 Å². The summed E-state index contributed by atoms with van der Waals surface area (Å²) in [7, 11) is 1.61. The fourth-order valence-corrected chi connectivity index (χ4v) is 1.38. The molecular weight excluding hydrogens is 206 g/mol. The molecule has 1 aromatic carbocycles. The number of ether oxygens (including phenoxy) is 2. The summed E-state index contributed by atoms with van der Waals surface area (Å²) in [5.41, 5.74) is 7.66. The molecule has 1 aromatic rings. The number of anilines is 1. The van der Waals surface area contributed by atoms with Crippen LogP contribution in [0.3, 0.4) is 0 Å². The number of carbonyl (C=O) groups excluding carboxylic acids is 1. The lowest BCUT2D eigenvalue weighted by atomic mass is 10.1. The van der Waals surface area contributed by atoms with Gasteiger partial charge in [0, 0.05) is 25.8 Å². The quantitative estimate of drug-likeness (QED) is 0.469. The molecule has 0 heterocycles. The minimum absolute atomic E-state index is 0.341. The molecule has 0 bridgehead atoms. The first-order valence-corrected chi connectivity index (χ1v) is 5.16. The molecule has 1 rings (SSSR count). The van der Waals surface area contributed by atoms with Crippen LogP contribution in [0.2, 0.25) is 0 Å². The Morgan fingerprint density at radius 3 is 2.69 bits per heavy atom. The van der Waals surface area contributed by atoms with Crippen LogP contribution in [0.1, 0.15) is 22.3 Å². The maximum Gasteiger partial charge on any atom is 0.338 e. The van der Waals surface area contributed by atoms with E-state index in [1.807, 2.05) is 13.0 Å². The van der Waals surface area contributed by atoms with Crippen molar-refractivity contribution in [2.45, 2.75) is 13.3 Å². The molecule has 0 aromatic heterocycles. The van der Waals surface area contributed by atoms with Gasteiger partial charge in [-0.05, 0) is 30.7 Å². The van der Waals surface area contributed by atoms with Gasteiger partial charge in [-0.3, -0.25) is 0 Å². The second-order valence-corrected chi connectivity index (χ2v) is 3.61. The van der Waals surface area contributed by atoms with Crippen LogP contribution in [0, 0.1) is 6.92 Å². The summed E-state index contributed by atoms with van der Waals surface area (Å²) in [5, 5.41) is 0. The average Bonchev–Trinajstić information content (AvgIpc) is 2.22. The SMILES string of the molecule is COCCCOC(=O)c1cc(C)cc(N)c1. The van der Waals surface area contributed by atoms with Gasteiger partial charge in [0.15, 0.2) is 0 Å². The third-order valence-corrected chi connectivity index (χ3v) is 2.06. The van der Waals surface area contributed by atoms with E-state index in [9.17, 15) is 4.79 Å². The number of esters is 1. The number of aryl methyl sites for hydroxylation is 1. The predicted octanol–water partition coefficient (Wildman–Crippen LogP) is 1.77. The van der Waals surface area contributed by atoms with E-state index in [4.69, 9.17) is 15.2 Å². The Morgan fingerprint density at radius 1 is 1.31 bits per heavy atom. The summed E-state index contributed by atoms with van der Waals surface area (Å²) >= 11 is 0. The van der Waals surface area contributed by atoms with Crippen LogP contribution in [0.4, 0.5) is 5.69 Å². The molecule has 0 aliphatic carbocycles. The maximum atomic E-state index is 11.6. The van der Waals surface area contributed by atoms with Crippen molar-refractivity contribution in [1.82, 2.24) is 0 Å². The van der Waals surface area contributed by atoms with Crippen LogP contribution >= 0.6 is 0 Å². The number of carbonyl (C=O) groups is 1. The summed E-state index contributed by atoms with van der Waals surface area (Å²) in [4.78, 5) is 11.6. The Hall–Kier alpha value is -1.55. The molecule has 0 atom stereocenters. The zero-order chi connectivity index (χ0) is 12.0. The van der Waals surface area contributed by atoms with E-state index < -0.39 is 0 Å². The van der Waals surface area contributed by atoms with Gasteiger partial charge in [-0.15, -0.1) is 0 Å². The number of nitrogen functional groups attached to an aromatic ring is 1. The number of hydrogen-bond donors (Lipinski definition) is 1. The fraction of sp³-hybridized carbons (Fsp3) is 0.417. The molecule has 2 N–H and O–H groups in total. The molecule has 0 saturated carbocycles. The third-order valence-electron chi connectivity index (χ3n) is 2.06. The van der Waals surface area contributed by atoms with Gasteiger partial charge in [0.25, 0.3) is 0 Å². The molecule has 0 aliphatic rings. The molecule has 0 radical (unpaired) electrons. The average molecular weight is 223 g/mol. The van der Waals surface area contributed by atoms with Crippen molar-refractivity contribution in [1.29, 1.82) is 0 Å². The molecule has 0 fully saturated rings. The van der Waals surface area contributed by atoms with Gasteiger partial charge in [-0.1, -0.05) is 0 Å². The molecule has 88 valence electrons. The minimum Gasteiger partial charge on any atom is -0.462 e. The predicted molar refractivity (Wildman–Crippen MR) is 62.4 cm³/mol. The molecule has 16 heavy (non-hydrogen) atoms. The van der Waals surface area contributed by atoms with Crippen LogP contribution in [-0.4, -0.2) is 26.3 Å². The van der Waals surface area contributed by atoms with Gasteiger partial charge in [-0.25, -0.2) is 4.79 Å². The van der Waals surface area contributed by atoms with Crippen LogP contribution in [0.25, 0.3) is 0 Å². The zero-order valence-electron chi connectivity index (χ0n) is 9.66. The third kappa shape index (κ3) is 3.90. The maximum absolute atomic E-state index is 11.6. The van der Waals surface area contributed by atoms with E-state index >= 15 is 0 Å². The Balaban J connectivity index is 2.52. The highest BCUT2D eigenvalue weighted by molar-refractivity contribution is 5.90. The van der Waals surface area contributed by atoms with Crippen molar-refractivity contribution in [2.75, 3.05) is 26.1 Å². The summed E-state index contributed by atoms with van der Waals surface area (Å²) in [5.74, 6) is -0.341. The monoisotopic (exact) mass is 223 g/mol. The number of benzene rings is 1. The normalized spacial score (nSPS) is 10.1. The minimum atomic E-state index is -0.341. The van der Waals surface area contributed by atoms with E-state index in [1.54, 1.807) is 19.2 Å². The van der Waals surface area contributed by atoms with Crippen LogP contribution in [0.15, 0.2) is 18.2 Å². The van der Waals surface area contributed by atoms with Crippen LogP contribution in [0.5, 0.6) is 0 Å². The summed E-state index contributed by atoms with van der Waals surface area (Å²) in [6, 6.07) is 5.18. The van der Waals surface area contributed by atoms with Gasteiger partial charge in [-0.2, -0.15) is 0 Å². The van der Waals surface area contributed by atoms with Crippen molar-refractivity contribution in [2.24, 2.45) is 0 Å². The number of hydrogen-bond acceptors (Lipinski definition) is 4. The summed E-state index contributed by atoms with van der Waals surface area (Å²) in [6.07, 6.45) is 0.698. The number of nitrogens with two attached hydrogens (primary N) is 1. The van der Waals surface area contributed by atoms with Crippen molar-refractivity contribution in [3.8, 4) is 0 Å². The van der Waals surface area contributed by atoms with Gasteiger partial charge >= 0.3 is 5.97 Å². The van der Waals surface area contributed by atoms with Gasteiger partial charge in [0.1, 0.15) is 0 Å². The van der Waals surface area contributed by atoms with E-state index in [1.165, 1.54) is 0 Å². The standard InChI is InChI=1S/C12H17NO3/c1-9-6-10(8-11(13)7-9)12(14)16-5-3-4-15-2/h6-8H,3-5,13H2,1-2H3. The molecule has 0 aliphatic heterocycles. The van der Waals surface area contributed by atoms with E-state index in [-0.39, 0.29) is 5.97 Å². The zero-order valence-corrected chi connectivity index (χ0v) is 9.66. The lowest BCUT2D eigenvalue weighted by Crippen LogP contribution is -2.08. The Bertz CT molecular complexity index is 343. The number of rotatable bonds is 5. The van der Waals surface area contributed by atoms with Gasteiger partial charge < -0.3 is 15.2 Å². The second-order valence-electron chi connectivity index (χ2n) is 3.61. The summed E-state index contributed by atoms with van der Waals surface area (Å²) < 4.78 is 9.92. The van der Waals surface area contributed by atoms with Crippen molar-refractivity contribution >= 4 is 11.7 Å². The summed E-state index contributed by atoms with van der Waals surface area (Å²) in [6.45, 7) is 2.84. The first-order chi connectivity index (χ1) is 7.63. The molecule has 4 heteroatoms. The lowest BCUT2D eigenvalue weighted by Gasteiger charge is -2.06. The van der Waals surface area contributed by atoms with E-state index in [0.29, 0.717) is 30.9 Å². The van der Waals surface area contributed by atoms with E-state index in [0.717, 1.165) is 5.56 Å². The van der Waals surface area contributed by atoms with Crippen LogP contribution in [-0.2, 0) is 9.47 Å². The lowest BCUT2D eigenvalue weighted by molar-refractivity contribution is 0.0468. The first-order valence-electron chi connectivity index (χ1n) is 5.16. The van der Waals surface area contributed by atoms with Gasteiger partial charge in [0.2, 0.25) is 0 Å². The largest absolute Gasteiger partial charge is 0.462 e. The molecule has 0 spiro atoms. The smallest absolute Gasteiger partial charge is 0.338 e. The number of methoxy groups -OCH3 is 1. The molecular formula is C12H17NO3. The second kappa shape index (κ2) is 6.12. The Morgan fingerprint density at radius 2 is 2.06 bits per heavy atom. The van der Waals surface area contributed by atoms with Gasteiger partial charge in [0.05, 0.1) is 12.2 Å². The highest BCUT2D eigenvalue weighted by atomic mass is 16.5. The van der Waals surface area contributed by atoms with Crippen molar-refractivity contribution < 1.29 is 14.3 Å². The molecule has 4 nitrogen and oxygen atoms in total. The first kappa shape index (κ1) is 12.5. The fourth-order valence-electron chi connectivity index (χ4n) is 1.38. The van der Waals surface area contributed by atoms with Crippen molar-refractivity contribution in [3.63, 3.8) is 0 Å². The topological polar surface area (TPSA) is 61.5 Å². The van der Waals surface area contributed by atoms with E-state index in [2.05, 4.69) is 0 Å². The molecule has 0 unspecified atom stereocenters. The molecule has 0 saturated heterocycles. The molecule has 0 amide bonds. The highest BCUT2D eigenvalue weighted by Crippen LogP contribution is 2.12. The highest BCUT2D eigenvalue weighted by Gasteiger charge is 2.07. The Kier molecular flexibility index (Phi) is 4.79. The van der Waals surface area contributed by atoms with Crippen molar-refractivity contribution in [3.05, 3.63) is 29.3 Å². The Labute approximate surface area is 95.3 Å².